The molecule has 0 bridgehead atoms. The Labute approximate surface area is 129 Å². The van der Waals surface area contributed by atoms with Crippen molar-refractivity contribution in [2.45, 2.75) is 32.6 Å². The highest BCUT2D eigenvalue weighted by Gasteiger charge is 2.19. The summed E-state index contributed by atoms with van der Waals surface area (Å²) < 4.78 is 1.08. The molecule has 1 saturated heterocycles. The monoisotopic (exact) mass is 340 g/mol. The molecule has 0 spiro atoms. The van der Waals surface area contributed by atoms with Crippen molar-refractivity contribution >= 4 is 38.8 Å². The molecule has 104 valence electrons. The Kier molecular flexibility index (Phi) is 5.22. The van der Waals surface area contributed by atoms with Crippen molar-refractivity contribution in [3.63, 3.8) is 0 Å². The lowest BCUT2D eigenvalue weighted by Gasteiger charge is -2.25. The molecule has 2 rings (SSSR count). The molecule has 1 fully saturated rings. The molecule has 0 radical (unpaired) electrons. The van der Waals surface area contributed by atoms with Crippen molar-refractivity contribution < 1.29 is 0 Å². The average Bonchev–Trinajstić information content (AvgIpc) is 2.63. The molecular formula is C15H21BrN2S. The van der Waals surface area contributed by atoms with E-state index in [2.05, 4.69) is 33.8 Å². The number of halogens is 1. The molecule has 1 aliphatic rings. The van der Waals surface area contributed by atoms with Gasteiger partial charge in [-0.3, -0.25) is 0 Å². The number of rotatable bonds is 3. The van der Waals surface area contributed by atoms with Gasteiger partial charge < -0.3 is 10.6 Å². The SMILES string of the molecule is CCC1CCCN(c2cc(Br)ccc2C(N)=S)CC1. The van der Waals surface area contributed by atoms with E-state index in [9.17, 15) is 0 Å². The summed E-state index contributed by atoms with van der Waals surface area (Å²) >= 11 is 8.72. The largest absolute Gasteiger partial charge is 0.389 e. The summed E-state index contributed by atoms with van der Waals surface area (Å²) in [6, 6.07) is 6.16. The number of nitrogens with zero attached hydrogens (tertiary/aromatic N) is 1. The molecule has 1 aliphatic heterocycles. The van der Waals surface area contributed by atoms with Gasteiger partial charge >= 0.3 is 0 Å². The minimum absolute atomic E-state index is 0.485. The summed E-state index contributed by atoms with van der Waals surface area (Å²) in [6.07, 6.45) is 5.14. The molecular weight excluding hydrogens is 320 g/mol. The Hall–Kier alpha value is -0.610. The van der Waals surface area contributed by atoms with Crippen LogP contribution in [0.15, 0.2) is 22.7 Å². The minimum Gasteiger partial charge on any atom is -0.389 e. The first kappa shape index (κ1) is 14.8. The summed E-state index contributed by atoms with van der Waals surface area (Å²) in [4.78, 5) is 2.92. The standard InChI is InChI=1S/C15H21BrN2S/c1-2-11-4-3-8-18(9-7-11)14-10-12(16)5-6-13(14)15(17)19/h5-6,10-11H,2-4,7-9H2,1H3,(H2,17,19). The number of thiocarbonyl (C=S) groups is 1. The lowest BCUT2D eigenvalue weighted by molar-refractivity contribution is 0.459. The summed E-state index contributed by atoms with van der Waals surface area (Å²) in [5.41, 5.74) is 8.03. The van der Waals surface area contributed by atoms with Crippen LogP contribution in [0.25, 0.3) is 0 Å². The van der Waals surface area contributed by atoms with Crippen LogP contribution in [0.3, 0.4) is 0 Å². The maximum atomic E-state index is 5.85. The van der Waals surface area contributed by atoms with Crippen LogP contribution < -0.4 is 10.6 Å². The van der Waals surface area contributed by atoms with Crippen LogP contribution in [0.1, 0.15) is 38.2 Å². The third-order valence-corrected chi connectivity index (χ3v) is 4.70. The van der Waals surface area contributed by atoms with E-state index in [1.807, 2.05) is 12.1 Å². The van der Waals surface area contributed by atoms with Crippen molar-refractivity contribution in [3.05, 3.63) is 28.2 Å². The van der Waals surface area contributed by atoms with E-state index >= 15 is 0 Å². The van der Waals surface area contributed by atoms with E-state index in [0.717, 1.165) is 29.0 Å². The molecule has 1 heterocycles. The normalized spacial score (nSPS) is 20.1. The molecule has 0 aromatic heterocycles. The van der Waals surface area contributed by atoms with Crippen molar-refractivity contribution in [1.29, 1.82) is 0 Å². The Morgan fingerprint density at radius 2 is 2.21 bits per heavy atom. The first-order valence-electron chi connectivity index (χ1n) is 6.96. The molecule has 19 heavy (non-hydrogen) atoms. The quantitative estimate of drug-likeness (QED) is 0.840. The van der Waals surface area contributed by atoms with Gasteiger partial charge in [-0.2, -0.15) is 0 Å². The second kappa shape index (κ2) is 6.71. The van der Waals surface area contributed by atoms with Gasteiger partial charge in [-0.25, -0.2) is 0 Å². The fourth-order valence-electron chi connectivity index (χ4n) is 2.79. The number of hydrogen-bond donors (Lipinski definition) is 1. The zero-order valence-corrected chi connectivity index (χ0v) is 13.8. The van der Waals surface area contributed by atoms with Gasteiger partial charge in [0, 0.05) is 28.8 Å². The molecule has 1 atom stereocenters. The van der Waals surface area contributed by atoms with Crippen molar-refractivity contribution in [1.82, 2.24) is 0 Å². The maximum Gasteiger partial charge on any atom is 0.106 e. The van der Waals surface area contributed by atoms with Gasteiger partial charge in [0.15, 0.2) is 0 Å². The van der Waals surface area contributed by atoms with E-state index < -0.39 is 0 Å². The van der Waals surface area contributed by atoms with Crippen LogP contribution in [0.5, 0.6) is 0 Å². The van der Waals surface area contributed by atoms with Crippen LogP contribution in [0, 0.1) is 5.92 Å². The third kappa shape index (κ3) is 3.69. The van der Waals surface area contributed by atoms with Crippen molar-refractivity contribution in [2.24, 2.45) is 11.7 Å². The summed E-state index contributed by atoms with van der Waals surface area (Å²) in [5, 5.41) is 0. The molecule has 4 heteroatoms. The lowest BCUT2D eigenvalue weighted by atomic mass is 9.98. The molecule has 0 amide bonds. The topological polar surface area (TPSA) is 29.3 Å². The lowest BCUT2D eigenvalue weighted by Crippen LogP contribution is -2.27. The van der Waals surface area contributed by atoms with E-state index in [0.29, 0.717) is 4.99 Å². The van der Waals surface area contributed by atoms with Gasteiger partial charge in [-0.05, 0) is 43.4 Å². The van der Waals surface area contributed by atoms with Crippen LogP contribution in [-0.4, -0.2) is 18.1 Å². The smallest absolute Gasteiger partial charge is 0.106 e. The predicted molar refractivity (Wildman–Crippen MR) is 89.9 cm³/mol. The predicted octanol–water partition coefficient (Wildman–Crippen LogP) is 4.10. The van der Waals surface area contributed by atoms with Crippen LogP contribution in [0.2, 0.25) is 0 Å². The van der Waals surface area contributed by atoms with Gasteiger partial charge in [-0.15, -0.1) is 0 Å². The molecule has 1 unspecified atom stereocenters. The Morgan fingerprint density at radius 1 is 1.42 bits per heavy atom. The fraction of sp³-hybridized carbons (Fsp3) is 0.533. The minimum atomic E-state index is 0.485. The Morgan fingerprint density at radius 3 is 2.89 bits per heavy atom. The van der Waals surface area contributed by atoms with Crippen molar-refractivity contribution in [2.75, 3.05) is 18.0 Å². The zero-order valence-electron chi connectivity index (χ0n) is 11.4. The molecule has 0 aliphatic carbocycles. The summed E-state index contributed by atoms with van der Waals surface area (Å²) in [5.74, 6) is 0.866. The highest BCUT2D eigenvalue weighted by molar-refractivity contribution is 9.10. The highest BCUT2D eigenvalue weighted by Crippen LogP contribution is 2.29. The first-order chi connectivity index (χ1) is 9.11. The van der Waals surface area contributed by atoms with E-state index in [4.69, 9.17) is 18.0 Å². The summed E-state index contributed by atoms with van der Waals surface area (Å²) in [7, 11) is 0. The van der Waals surface area contributed by atoms with Gasteiger partial charge in [0.1, 0.15) is 4.99 Å². The van der Waals surface area contributed by atoms with E-state index in [1.165, 1.54) is 31.4 Å². The molecule has 2 nitrogen and oxygen atoms in total. The number of hydrogen-bond acceptors (Lipinski definition) is 2. The second-order valence-corrected chi connectivity index (χ2v) is 6.57. The molecule has 0 saturated carbocycles. The highest BCUT2D eigenvalue weighted by atomic mass is 79.9. The van der Waals surface area contributed by atoms with Gasteiger partial charge in [0.25, 0.3) is 0 Å². The van der Waals surface area contributed by atoms with Crippen LogP contribution in [0.4, 0.5) is 5.69 Å². The second-order valence-electron chi connectivity index (χ2n) is 5.22. The van der Waals surface area contributed by atoms with Crippen molar-refractivity contribution in [3.8, 4) is 0 Å². The number of benzene rings is 1. The van der Waals surface area contributed by atoms with Gasteiger partial charge in [0.2, 0.25) is 0 Å². The molecule has 1 aromatic carbocycles. The third-order valence-electron chi connectivity index (χ3n) is 3.99. The maximum absolute atomic E-state index is 5.85. The number of nitrogens with two attached hydrogens (primary N) is 1. The molecule has 2 N–H and O–H groups in total. The van der Waals surface area contributed by atoms with Gasteiger partial charge in [-0.1, -0.05) is 41.5 Å². The van der Waals surface area contributed by atoms with Gasteiger partial charge in [0.05, 0.1) is 0 Å². The molecule has 1 aromatic rings. The van der Waals surface area contributed by atoms with Crippen LogP contribution >= 0.6 is 28.1 Å². The van der Waals surface area contributed by atoms with Crippen LogP contribution in [-0.2, 0) is 0 Å². The number of anilines is 1. The summed E-state index contributed by atoms with van der Waals surface area (Å²) in [6.45, 7) is 4.49. The first-order valence-corrected chi connectivity index (χ1v) is 8.16. The zero-order chi connectivity index (χ0) is 13.8. The average molecular weight is 341 g/mol. The Balaban J connectivity index is 2.25. The van der Waals surface area contributed by atoms with E-state index in [-0.39, 0.29) is 0 Å². The fourth-order valence-corrected chi connectivity index (χ4v) is 3.31. The Bertz CT molecular complexity index is 461. The van der Waals surface area contributed by atoms with E-state index in [1.54, 1.807) is 0 Å².